The highest BCUT2D eigenvalue weighted by Gasteiger charge is 2.57. The van der Waals surface area contributed by atoms with Crippen LogP contribution in [0, 0.1) is 17.8 Å². The monoisotopic (exact) mass is 830 g/mol. The Morgan fingerprint density at radius 3 is 2.28 bits per heavy atom. The summed E-state index contributed by atoms with van der Waals surface area (Å²) in [4.78, 5) is 68.5. The standard InChI is InChI=1S/C46H54N8O5S/c1-24(2)41(52-46(58)59-3)44(56)54-36-18-30(36)20-38(54)43-48-22-33(49-43)28-14-12-26(13-15-28)25-8-10-27(11-9-25)31-16-32(47-21-31)37-19-29-17-35(29)53(37)40(55)7-5-4-6-39-42-34(23-60-39)50-45(57)51-42/h8-15,21-22,24,29-30,34-39,41-42H,4-7,16-20,23H2,1-3H3,(H,48,49)(H,52,58)(H2,50,51,57)/t29-,30-,34+,35-,36-,37+,38+,39+,41+,42+/m1/s1. The fraction of sp³-hybridized carbons (Fsp3) is 0.522. The van der Waals surface area contributed by atoms with Gasteiger partial charge in [-0.15, -0.1) is 0 Å². The Bertz CT molecular complexity index is 2240. The maximum Gasteiger partial charge on any atom is 0.407 e. The number of nitrogens with one attached hydrogen (secondary N) is 4. The molecular formula is C46H54N8O5S. The van der Waals surface area contributed by atoms with Gasteiger partial charge in [-0.1, -0.05) is 68.8 Å². The average molecular weight is 831 g/mol. The molecule has 2 aromatic carbocycles. The molecule has 2 aliphatic carbocycles. The van der Waals surface area contributed by atoms with Crippen LogP contribution in [-0.4, -0.2) is 104 Å². The first kappa shape index (κ1) is 39.1. The number of likely N-dealkylation sites (tertiary alicyclic amines) is 2. The molecule has 1 aromatic heterocycles. The number of imidazole rings is 1. The molecule has 0 bridgehead atoms. The summed E-state index contributed by atoms with van der Waals surface area (Å²) < 4.78 is 4.80. The van der Waals surface area contributed by atoms with Crippen LogP contribution >= 0.6 is 11.8 Å². The number of H-pyrrole nitrogens is 1. The number of hydrogen-bond acceptors (Lipinski definition) is 8. The van der Waals surface area contributed by atoms with E-state index in [1.54, 1.807) is 0 Å². The van der Waals surface area contributed by atoms with Gasteiger partial charge >= 0.3 is 12.1 Å². The molecule has 6 heterocycles. The third-order valence-corrected chi connectivity index (χ3v) is 15.6. The fourth-order valence-corrected chi connectivity index (χ4v) is 12.1. The summed E-state index contributed by atoms with van der Waals surface area (Å²) in [5, 5.41) is 9.26. The topological polar surface area (TPSA) is 161 Å². The van der Waals surface area contributed by atoms with Crippen molar-refractivity contribution in [3.05, 3.63) is 72.3 Å². The molecule has 0 unspecified atom stereocenters. The number of urea groups is 1. The van der Waals surface area contributed by atoms with E-state index in [2.05, 4.69) is 74.4 Å². The number of benzene rings is 2. The summed E-state index contributed by atoms with van der Waals surface area (Å²) in [6.45, 7) is 3.86. The number of fused-ring (bicyclic) bond motifs is 3. The third-order valence-electron chi connectivity index (χ3n) is 14.0. The number of carbonyl (C=O) groups excluding carboxylic acids is 4. The second-order valence-corrected chi connectivity index (χ2v) is 19.5. The molecule has 4 saturated heterocycles. The molecule has 5 amide bonds. The van der Waals surface area contributed by atoms with E-state index in [0.29, 0.717) is 29.5 Å². The Balaban J connectivity index is 0.729. The molecule has 14 heteroatoms. The quantitative estimate of drug-likeness (QED) is 0.110. The molecule has 314 valence electrons. The van der Waals surface area contributed by atoms with Gasteiger partial charge in [-0.05, 0) is 84.1 Å². The van der Waals surface area contributed by atoms with Gasteiger partial charge < -0.3 is 35.5 Å². The molecule has 7 aliphatic rings. The summed E-state index contributed by atoms with van der Waals surface area (Å²) in [6.07, 6.45) is 11.5. The number of carbonyl (C=O) groups is 4. The van der Waals surface area contributed by atoms with Gasteiger partial charge in [0.2, 0.25) is 11.8 Å². The van der Waals surface area contributed by atoms with Gasteiger partial charge in [-0.25, -0.2) is 14.6 Å². The predicted octanol–water partition coefficient (Wildman–Crippen LogP) is 6.69. The van der Waals surface area contributed by atoms with E-state index >= 15 is 0 Å². The van der Waals surface area contributed by atoms with Crippen LogP contribution < -0.4 is 16.0 Å². The molecule has 3 aromatic rings. The summed E-state index contributed by atoms with van der Waals surface area (Å²) in [5.74, 6) is 2.90. The second-order valence-electron chi connectivity index (χ2n) is 18.2. The van der Waals surface area contributed by atoms with Crippen molar-refractivity contribution in [2.45, 2.75) is 119 Å². The number of rotatable bonds is 13. The Hall–Kier alpha value is -5.11. The maximum atomic E-state index is 13.8. The van der Waals surface area contributed by atoms with Crippen LogP contribution in [-0.2, 0) is 14.3 Å². The maximum absolute atomic E-state index is 13.8. The van der Waals surface area contributed by atoms with Gasteiger partial charge in [0.05, 0.1) is 43.2 Å². The first-order valence-corrected chi connectivity index (χ1v) is 22.9. The fourth-order valence-electron chi connectivity index (χ4n) is 10.6. The van der Waals surface area contributed by atoms with E-state index in [9.17, 15) is 19.2 Å². The number of hydrogen-bond donors (Lipinski definition) is 4. The number of unbranched alkanes of at least 4 members (excludes halogenated alkanes) is 1. The molecule has 10 rings (SSSR count). The number of allylic oxidation sites excluding steroid dienone is 1. The van der Waals surface area contributed by atoms with Gasteiger partial charge in [0, 0.05) is 47.8 Å². The molecule has 10 atom stereocenters. The Labute approximate surface area is 355 Å². The minimum Gasteiger partial charge on any atom is -0.453 e. The van der Waals surface area contributed by atoms with E-state index in [0.717, 1.165) is 96.6 Å². The number of aromatic amines is 1. The number of methoxy groups -OCH3 is 1. The van der Waals surface area contributed by atoms with Crippen LogP contribution in [0.5, 0.6) is 0 Å². The first-order chi connectivity index (χ1) is 29.1. The normalized spacial score (nSPS) is 29.9. The minimum absolute atomic E-state index is 0.0479. The molecule has 4 N–H and O–H groups in total. The Morgan fingerprint density at radius 2 is 1.57 bits per heavy atom. The number of aliphatic imine (C=N–C) groups is 1. The molecule has 0 radical (unpaired) electrons. The number of alkyl carbamates (subject to hydrolysis) is 1. The van der Waals surface area contributed by atoms with Crippen molar-refractivity contribution in [2.75, 3.05) is 12.9 Å². The minimum atomic E-state index is -0.666. The van der Waals surface area contributed by atoms with Crippen LogP contribution in [0.4, 0.5) is 9.59 Å². The molecule has 2 saturated carbocycles. The highest BCUT2D eigenvalue weighted by molar-refractivity contribution is 8.00. The van der Waals surface area contributed by atoms with E-state index in [1.807, 2.05) is 42.9 Å². The molecule has 13 nitrogen and oxygen atoms in total. The highest BCUT2D eigenvalue weighted by atomic mass is 32.2. The van der Waals surface area contributed by atoms with Crippen molar-refractivity contribution < 1.29 is 23.9 Å². The molecular weight excluding hydrogens is 777 g/mol. The lowest BCUT2D eigenvalue weighted by molar-refractivity contribution is -0.136. The van der Waals surface area contributed by atoms with Crippen molar-refractivity contribution in [1.29, 1.82) is 0 Å². The van der Waals surface area contributed by atoms with E-state index < -0.39 is 12.1 Å². The zero-order chi connectivity index (χ0) is 41.2. The molecule has 5 aliphatic heterocycles. The highest BCUT2D eigenvalue weighted by Crippen LogP contribution is 2.54. The number of aromatic nitrogens is 2. The summed E-state index contributed by atoms with van der Waals surface area (Å²) in [6, 6.07) is 17.3. The van der Waals surface area contributed by atoms with Crippen molar-refractivity contribution >= 4 is 47.0 Å². The number of nitrogens with zero attached hydrogens (tertiary/aromatic N) is 4. The average Bonchev–Trinajstić information content (AvgIpc) is 3.68. The zero-order valence-electron chi connectivity index (χ0n) is 34.4. The summed E-state index contributed by atoms with van der Waals surface area (Å²) in [7, 11) is 1.31. The van der Waals surface area contributed by atoms with Crippen LogP contribution in [0.3, 0.4) is 0 Å². The number of ether oxygens (including phenoxy) is 1. The summed E-state index contributed by atoms with van der Waals surface area (Å²) in [5.41, 5.74) is 7.60. The molecule has 6 fully saturated rings. The van der Waals surface area contributed by atoms with Crippen LogP contribution in [0.1, 0.15) is 89.1 Å². The lowest BCUT2D eigenvalue weighted by Crippen LogP contribution is -2.52. The Kier molecular flexibility index (Phi) is 10.2. The lowest BCUT2D eigenvalue weighted by atomic mass is 9.95. The summed E-state index contributed by atoms with van der Waals surface area (Å²) >= 11 is 1.93. The second kappa shape index (κ2) is 15.7. The first-order valence-electron chi connectivity index (χ1n) is 21.8. The lowest BCUT2D eigenvalue weighted by Gasteiger charge is -2.31. The van der Waals surface area contributed by atoms with Gasteiger partial charge in [0.25, 0.3) is 0 Å². The molecule has 0 spiro atoms. The number of piperidine rings is 2. The predicted molar refractivity (Wildman–Crippen MR) is 231 cm³/mol. The van der Waals surface area contributed by atoms with E-state index in [-0.39, 0.29) is 54.0 Å². The van der Waals surface area contributed by atoms with Crippen LogP contribution in [0.15, 0.2) is 65.9 Å². The van der Waals surface area contributed by atoms with E-state index in [1.165, 1.54) is 12.7 Å². The zero-order valence-corrected chi connectivity index (χ0v) is 35.3. The van der Waals surface area contributed by atoms with E-state index in [4.69, 9.17) is 14.7 Å². The smallest absolute Gasteiger partial charge is 0.407 e. The Morgan fingerprint density at radius 1 is 0.883 bits per heavy atom. The van der Waals surface area contributed by atoms with Crippen molar-refractivity contribution in [2.24, 2.45) is 22.7 Å². The van der Waals surface area contributed by atoms with Crippen LogP contribution in [0.25, 0.3) is 28.0 Å². The van der Waals surface area contributed by atoms with Gasteiger partial charge in [-0.2, -0.15) is 11.8 Å². The van der Waals surface area contributed by atoms with Crippen LogP contribution in [0.2, 0.25) is 0 Å². The van der Waals surface area contributed by atoms with Gasteiger partial charge in [0.1, 0.15) is 11.9 Å². The largest absolute Gasteiger partial charge is 0.453 e. The number of thioether (sulfide) groups is 1. The number of amides is 5. The SMILES string of the molecule is COC(=O)N[C@H](C(=O)N1[C@@H]2C[C@@H]2C[C@H]1c1ncc(-c2ccc(-c3ccc(C4=CN=C([C@@H]5C[C@H]6C[C@H]6N5C(=O)CCCC[C@@H]5SC[C@@H]6NC(=O)N[C@@H]65)C4)cc3)cc2)[nH]1)C(C)C. The van der Waals surface area contributed by atoms with Crippen molar-refractivity contribution in [3.8, 4) is 22.4 Å². The van der Waals surface area contributed by atoms with Crippen molar-refractivity contribution in [3.63, 3.8) is 0 Å². The third kappa shape index (κ3) is 7.38. The van der Waals surface area contributed by atoms with Crippen molar-refractivity contribution in [1.82, 2.24) is 35.7 Å². The van der Waals surface area contributed by atoms with Gasteiger partial charge in [0.15, 0.2) is 0 Å². The van der Waals surface area contributed by atoms with Gasteiger partial charge in [-0.3, -0.25) is 14.6 Å². The molecule has 60 heavy (non-hydrogen) atoms.